The minimum Gasteiger partial charge on any atom is -0.474 e. The molecule has 3 aromatic rings. The number of hydrogen-bond acceptors (Lipinski definition) is 5. The van der Waals surface area contributed by atoms with Gasteiger partial charge < -0.3 is 10.1 Å². The molecule has 0 aliphatic heterocycles. The zero-order valence-electron chi connectivity index (χ0n) is 16.3. The second-order valence-corrected chi connectivity index (χ2v) is 6.56. The first-order valence-corrected chi connectivity index (χ1v) is 9.34. The topological polar surface area (TPSA) is 81.9 Å². The van der Waals surface area contributed by atoms with Crippen molar-refractivity contribution in [3.05, 3.63) is 47.5 Å². The van der Waals surface area contributed by atoms with Gasteiger partial charge in [0, 0.05) is 30.7 Å². The number of pyridine rings is 2. The molecule has 1 atom stereocenters. The number of nitrogens with one attached hydrogen (secondary N) is 1. The van der Waals surface area contributed by atoms with Crippen molar-refractivity contribution in [1.29, 1.82) is 0 Å². The van der Waals surface area contributed by atoms with Crippen molar-refractivity contribution < 1.29 is 13.9 Å². The van der Waals surface area contributed by atoms with Gasteiger partial charge in [-0.05, 0) is 38.0 Å². The van der Waals surface area contributed by atoms with Gasteiger partial charge in [0.2, 0.25) is 5.88 Å². The molecule has 7 nitrogen and oxygen atoms in total. The smallest absolute Gasteiger partial charge is 0.270 e. The van der Waals surface area contributed by atoms with Gasteiger partial charge in [-0.25, -0.2) is 9.37 Å². The Morgan fingerprint density at radius 3 is 2.89 bits per heavy atom. The molecule has 1 N–H and O–H groups in total. The van der Waals surface area contributed by atoms with E-state index in [-0.39, 0.29) is 12.5 Å². The third-order valence-corrected chi connectivity index (χ3v) is 4.31. The molecule has 0 bridgehead atoms. The molecule has 0 saturated carbocycles. The Kier molecular flexibility index (Phi) is 6.18. The fourth-order valence-corrected chi connectivity index (χ4v) is 2.83. The van der Waals surface area contributed by atoms with Crippen molar-refractivity contribution in [1.82, 2.24) is 25.1 Å². The van der Waals surface area contributed by atoms with Gasteiger partial charge in [-0.2, -0.15) is 5.10 Å². The summed E-state index contributed by atoms with van der Waals surface area (Å²) in [6.45, 7) is 6.54. The number of aryl methyl sites for hydroxylation is 1. The Morgan fingerprint density at radius 2 is 2.18 bits per heavy atom. The van der Waals surface area contributed by atoms with Crippen molar-refractivity contribution >= 4 is 16.8 Å². The molecule has 3 rings (SSSR count). The van der Waals surface area contributed by atoms with Crippen LogP contribution in [0.3, 0.4) is 0 Å². The lowest BCUT2D eigenvalue weighted by molar-refractivity contribution is 0.0952. The van der Waals surface area contributed by atoms with E-state index in [0.29, 0.717) is 42.0 Å². The Bertz CT molecular complexity index is 972. The van der Waals surface area contributed by atoms with E-state index < -0.39 is 6.17 Å². The summed E-state index contributed by atoms with van der Waals surface area (Å²) in [7, 11) is 0. The quantitative estimate of drug-likeness (QED) is 0.644. The Morgan fingerprint density at radius 1 is 1.36 bits per heavy atom. The van der Waals surface area contributed by atoms with Gasteiger partial charge in [0.25, 0.3) is 5.91 Å². The molecule has 0 fully saturated rings. The van der Waals surface area contributed by atoms with Crippen molar-refractivity contribution in [3.8, 4) is 5.88 Å². The number of ether oxygens (including phenoxy) is 1. The summed E-state index contributed by atoms with van der Waals surface area (Å²) < 4.78 is 20.6. The van der Waals surface area contributed by atoms with Crippen molar-refractivity contribution in [2.45, 2.75) is 39.9 Å². The van der Waals surface area contributed by atoms with Gasteiger partial charge in [0.15, 0.2) is 0 Å². The highest BCUT2D eigenvalue weighted by atomic mass is 19.1. The molecule has 3 heterocycles. The number of amides is 1. The first kappa shape index (κ1) is 19.7. The van der Waals surface area contributed by atoms with E-state index in [1.165, 1.54) is 0 Å². The number of carbonyl (C=O) groups is 1. The van der Waals surface area contributed by atoms with Crippen LogP contribution in [0.2, 0.25) is 0 Å². The molecule has 0 radical (unpaired) electrons. The number of aromatic nitrogens is 4. The lowest BCUT2D eigenvalue weighted by atomic mass is 10.2. The van der Waals surface area contributed by atoms with Crippen LogP contribution in [0.25, 0.3) is 10.9 Å². The molecule has 0 saturated heterocycles. The van der Waals surface area contributed by atoms with Crippen molar-refractivity contribution in [2.75, 3.05) is 13.2 Å². The third-order valence-electron chi connectivity index (χ3n) is 4.31. The summed E-state index contributed by atoms with van der Waals surface area (Å²) in [5.41, 5.74) is 2.83. The SMILES string of the molecule is CCNC(=O)c1nccc2nn(Cc3cnc(OCC(F)CC)c(C)c3)cc12. The van der Waals surface area contributed by atoms with Crippen LogP contribution >= 0.6 is 0 Å². The van der Waals surface area contributed by atoms with Crippen molar-refractivity contribution in [3.63, 3.8) is 0 Å². The van der Waals surface area contributed by atoms with E-state index in [1.807, 2.05) is 26.1 Å². The van der Waals surface area contributed by atoms with E-state index >= 15 is 0 Å². The molecule has 8 heteroatoms. The minimum atomic E-state index is -0.995. The maximum atomic E-state index is 13.4. The van der Waals surface area contributed by atoms with Gasteiger partial charge in [-0.3, -0.25) is 14.5 Å². The van der Waals surface area contributed by atoms with Crippen LogP contribution in [-0.4, -0.2) is 45.0 Å². The number of carbonyl (C=O) groups excluding carboxylic acids is 1. The molecular formula is C20H24FN5O2. The Hall–Kier alpha value is -3.03. The third kappa shape index (κ3) is 4.44. The zero-order chi connectivity index (χ0) is 20.1. The van der Waals surface area contributed by atoms with Gasteiger partial charge in [-0.15, -0.1) is 0 Å². The average Bonchev–Trinajstić information content (AvgIpc) is 3.09. The average molecular weight is 385 g/mol. The maximum absolute atomic E-state index is 13.4. The van der Waals surface area contributed by atoms with Gasteiger partial charge in [-0.1, -0.05) is 6.92 Å². The molecule has 3 aromatic heterocycles. The highest BCUT2D eigenvalue weighted by molar-refractivity contribution is 6.04. The van der Waals surface area contributed by atoms with Crippen LogP contribution in [0.4, 0.5) is 4.39 Å². The standard InChI is InChI=1S/C20H24FN5O2/c1-4-15(21)12-28-20-13(3)8-14(9-24-20)10-26-11-16-17(25-26)6-7-23-18(16)19(27)22-5-2/h6-9,11,15H,4-5,10,12H2,1-3H3,(H,22,27). The van der Waals surface area contributed by atoms with Crippen LogP contribution < -0.4 is 10.1 Å². The number of fused-ring (bicyclic) bond motifs is 1. The summed E-state index contributed by atoms with van der Waals surface area (Å²) in [6, 6.07) is 3.72. The van der Waals surface area contributed by atoms with Crippen LogP contribution in [-0.2, 0) is 6.54 Å². The summed E-state index contributed by atoms with van der Waals surface area (Å²) in [5.74, 6) is 0.220. The van der Waals surface area contributed by atoms with E-state index in [1.54, 1.807) is 30.1 Å². The van der Waals surface area contributed by atoms with E-state index in [2.05, 4.69) is 20.4 Å². The summed E-state index contributed by atoms with van der Waals surface area (Å²) >= 11 is 0. The molecular weight excluding hydrogens is 361 g/mol. The zero-order valence-corrected chi connectivity index (χ0v) is 16.3. The van der Waals surface area contributed by atoms with Crippen molar-refractivity contribution in [2.24, 2.45) is 0 Å². The molecule has 0 aromatic carbocycles. The van der Waals surface area contributed by atoms with Gasteiger partial charge >= 0.3 is 0 Å². The molecule has 0 aliphatic rings. The number of rotatable bonds is 8. The highest BCUT2D eigenvalue weighted by Gasteiger charge is 2.14. The fraction of sp³-hybridized carbons (Fsp3) is 0.400. The van der Waals surface area contributed by atoms with E-state index in [4.69, 9.17) is 4.74 Å². The van der Waals surface area contributed by atoms with Crippen LogP contribution in [0.5, 0.6) is 5.88 Å². The maximum Gasteiger partial charge on any atom is 0.270 e. The minimum absolute atomic E-state index is 0.00380. The van der Waals surface area contributed by atoms with E-state index in [0.717, 1.165) is 11.1 Å². The first-order chi connectivity index (χ1) is 13.5. The summed E-state index contributed by atoms with van der Waals surface area (Å²) in [6.07, 6.45) is 4.50. The number of nitrogens with zero attached hydrogens (tertiary/aromatic N) is 4. The largest absolute Gasteiger partial charge is 0.474 e. The fourth-order valence-electron chi connectivity index (χ4n) is 2.83. The molecule has 0 spiro atoms. The van der Waals surface area contributed by atoms with Gasteiger partial charge in [0.05, 0.1) is 17.4 Å². The second kappa shape index (κ2) is 8.77. The monoisotopic (exact) mass is 385 g/mol. The molecule has 1 amide bonds. The first-order valence-electron chi connectivity index (χ1n) is 9.34. The Labute approximate surface area is 162 Å². The van der Waals surface area contributed by atoms with Crippen LogP contribution in [0.1, 0.15) is 41.9 Å². The second-order valence-electron chi connectivity index (χ2n) is 6.56. The predicted octanol–water partition coefficient (Wildman–Crippen LogP) is 3.06. The number of hydrogen-bond donors (Lipinski definition) is 1. The van der Waals surface area contributed by atoms with E-state index in [9.17, 15) is 9.18 Å². The highest BCUT2D eigenvalue weighted by Crippen LogP contribution is 2.19. The summed E-state index contributed by atoms with van der Waals surface area (Å²) in [4.78, 5) is 20.7. The molecule has 1 unspecified atom stereocenters. The number of halogens is 1. The molecule has 148 valence electrons. The Balaban J connectivity index is 1.78. The van der Waals surface area contributed by atoms with Crippen LogP contribution in [0.15, 0.2) is 30.7 Å². The lowest BCUT2D eigenvalue weighted by Crippen LogP contribution is -2.23. The predicted molar refractivity (Wildman–Crippen MR) is 104 cm³/mol. The normalized spacial score (nSPS) is 12.1. The molecule has 0 aliphatic carbocycles. The molecule has 28 heavy (non-hydrogen) atoms. The summed E-state index contributed by atoms with van der Waals surface area (Å²) in [5, 5.41) is 7.98. The van der Waals surface area contributed by atoms with Crippen LogP contribution in [0, 0.1) is 6.92 Å². The number of alkyl halides is 1. The van der Waals surface area contributed by atoms with Gasteiger partial charge in [0.1, 0.15) is 18.5 Å². The lowest BCUT2D eigenvalue weighted by Gasteiger charge is -2.11.